The molecule has 0 amide bonds. The van der Waals surface area contributed by atoms with Gasteiger partial charge < -0.3 is 19.7 Å². The number of aliphatic hydroxyl groups is 2. The molecule has 1 aliphatic heterocycles. The van der Waals surface area contributed by atoms with E-state index in [0.717, 1.165) is 28.9 Å². The zero-order valence-corrected chi connectivity index (χ0v) is 20.5. The maximum absolute atomic E-state index is 13.9. The van der Waals surface area contributed by atoms with Gasteiger partial charge in [0.25, 0.3) is 0 Å². The average molecular weight is 487 g/mol. The average Bonchev–Trinajstić information content (AvgIpc) is 3.47. The molecule has 0 fully saturated rings. The number of benzene rings is 1. The molecule has 0 radical (unpaired) electrons. The van der Waals surface area contributed by atoms with Crippen molar-refractivity contribution in [1.82, 2.24) is 0 Å². The summed E-state index contributed by atoms with van der Waals surface area (Å²) in [5.74, 6) is 0.692. The molecule has 1 aromatic rings. The lowest BCUT2D eigenvalue weighted by atomic mass is 9.46. The van der Waals surface area contributed by atoms with Gasteiger partial charge in [0, 0.05) is 28.9 Å². The zero-order chi connectivity index (χ0) is 25.2. The van der Waals surface area contributed by atoms with Crippen LogP contribution in [0.5, 0.6) is 0 Å². The Morgan fingerprint density at radius 1 is 1.14 bits per heavy atom. The number of fused-ring (bicyclic) bond motifs is 5. The van der Waals surface area contributed by atoms with Crippen molar-refractivity contribution in [3.8, 4) is 0 Å². The quantitative estimate of drug-likeness (QED) is 0.657. The highest BCUT2D eigenvalue weighted by atomic mass is 16.7. The summed E-state index contributed by atoms with van der Waals surface area (Å²) < 4.78 is 11.6. The van der Waals surface area contributed by atoms with Crippen LogP contribution in [-0.2, 0) is 25.5 Å². The predicted octanol–water partition coefficient (Wildman–Crippen LogP) is 3.87. The normalized spacial score (nSPS) is 32.4. The SMILES string of the molecule is C[C@H]1C=C2C(=O)C=C3C4=C(C(CCc5ccccc5)=C[C@]3(C(=O)CO)[C@@]2(C)C[C@@H]1O)C1=C(C4)OCO1. The minimum absolute atomic E-state index is 0.144. The molecule has 186 valence electrons. The molecule has 0 saturated carbocycles. The smallest absolute Gasteiger partial charge is 0.230 e. The van der Waals surface area contributed by atoms with Crippen molar-refractivity contribution in [3.63, 3.8) is 0 Å². The Kier molecular flexibility index (Phi) is 5.25. The summed E-state index contributed by atoms with van der Waals surface area (Å²) in [5.41, 5.74) is 2.76. The van der Waals surface area contributed by atoms with Crippen LogP contribution >= 0.6 is 0 Å². The van der Waals surface area contributed by atoms with E-state index >= 15 is 0 Å². The highest BCUT2D eigenvalue weighted by molar-refractivity contribution is 6.12. The fraction of sp³-hybridized carbons (Fsp3) is 0.400. The first kappa shape index (κ1) is 23.2. The minimum atomic E-state index is -1.27. The number of rotatable bonds is 5. The van der Waals surface area contributed by atoms with Gasteiger partial charge in [-0.25, -0.2) is 0 Å². The summed E-state index contributed by atoms with van der Waals surface area (Å²) in [7, 11) is 0. The summed E-state index contributed by atoms with van der Waals surface area (Å²) in [5, 5.41) is 21.2. The number of carbonyl (C=O) groups excluding carboxylic acids is 2. The van der Waals surface area contributed by atoms with E-state index < -0.39 is 23.5 Å². The molecular weight excluding hydrogens is 456 g/mol. The van der Waals surface area contributed by atoms with Crippen LogP contribution in [0.3, 0.4) is 0 Å². The molecular formula is C30H30O6. The second kappa shape index (κ2) is 8.15. The van der Waals surface area contributed by atoms with E-state index in [9.17, 15) is 19.8 Å². The number of Topliss-reactive ketones (excluding diaryl/α,β-unsaturated/α-hetero) is 1. The molecule has 1 aromatic carbocycles. The van der Waals surface area contributed by atoms with Gasteiger partial charge in [0.15, 0.2) is 17.3 Å². The number of allylic oxidation sites excluding steroid dienone is 6. The third-order valence-corrected chi connectivity index (χ3v) is 8.79. The Morgan fingerprint density at radius 2 is 1.92 bits per heavy atom. The lowest BCUT2D eigenvalue weighted by molar-refractivity contribution is -0.134. The molecule has 4 atom stereocenters. The van der Waals surface area contributed by atoms with E-state index in [0.29, 0.717) is 29.7 Å². The summed E-state index contributed by atoms with van der Waals surface area (Å²) in [6.07, 6.45) is 6.75. The van der Waals surface area contributed by atoms with Crippen molar-refractivity contribution >= 4 is 11.6 Å². The molecule has 36 heavy (non-hydrogen) atoms. The fourth-order valence-corrected chi connectivity index (χ4v) is 6.90. The molecule has 6 heteroatoms. The lowest BCUT2D eigenvalue weighted by Crippen LogP contribution is -2.56. The van der Waals surface area contributed by atoms with Crippen molar-refractivity contribution in [1.29, 1.82) is 0 Å². The Labute approximate surface area is 210 Å². The molecule has 4 aliphatic carbocycles. The predicted molar refractivity (Wildman–Crippen MR) is 132 cm³/mol. The molecule has 0 spiro atoms. The van der Waals surface area contributed by atoms with Gasteiger partial charge in [0.2, 0.25) is 6.79 Å². The lowest BCUT2D eigenvalue weighted by Gasteiger charge is -2.55. The molecule has 5 aliphatic rings. The van der Waals surface area contributed by atoms with Gasteiger partial charge >= 0.3 is 0 Å². The van der Waals surface area contributed by atoms with Crippen LogP contribution in [0.1, 0.15) is 38.7 Å². The molecule has 1 heterocycles. The Balaban J connectivity index is 1.58. The number of hydrogen-bond donors (Lipinski definition) is 2. The standard InChI is InChI=1S/C30H30O6/c1-17-10-22-23(32)12-21-20-11-25-28(36-16-35-25)27(20)19(9-8-18-6-4-3-5-7-18)13-30(21,26(34)15-31)29(22,2)14-24(17)33/h3-7,10,12-13,17,24,31,33H,8-9,11,14-16H2,1-2H3/t17-,24-,29-,30-/m0/s1. The maximum atomic E-state index is 13.9. The van der Waals surface area contributed by atoms with E-state index in [-0.39, 0.29) is 30.7 Å². The van der Waals surface area contributed by atoms with E-state index in [4.69, 9.17) is 9.47 Å². The first-order chi connectivity index (χ1) is 17.3. The van der Waals surface area contributed by atoms with E-state index in [1.165, 1.54) is 5.56 Å². The van der Waals surface area contributed by atoms with Crippen LogP contribution in [0.15, 0.2) is 87.9 Å². The van der Waals surface area contributed by atoms with Crippen LogP contribution in [0.2, 0.25) is 0 Å². The van der Waals surface area contributed by atoms with Gasteiger partial charge in [-0.15, -0.1) is 0 Å². The second-order valence-electron chi connectivity index (χ2n) is 10.7. The highest BCUT2D eigenvalue weighted by Gasteiger charge is 2.63. The van der Waals surface area contributed by atoms with Crippen LogP contribution < -0.4 is 0 Å². The topological polar surface area (TPSA) is 93.1 Å². The first-order valence-corrected chi connectivity index (χ1v) is 12.6. The Bertz CT molecular complexity index is 1330. The van der Waals surface area contributed by atoms with Crippen LogP contribution in [0.25, 0.3) is 0 Å². The van der Waals surface area contributed by atoms with Crippen LogP contribution in [0, 0.1) is 16.7 Å². The largest absolute Gasteiger partial charge is 0.458 e. The molecule has 0 bridgehead atoms. The number of ketones is 2. The van der Waals surface area contributed by atoms with E-state index in [1.54, 1.807) is 6.08 Å². The summed E-state index contributed by atoms with van der Waals surface area (Å²) in [4.78, 5) is 27.4. The fourth-order valence-electron chi connectivity index (χ4n) is 6.90. The molecule has 6 nitrogen and oxygen atoms in total. The van der Waals surface area contributed by atoms with Gasteiger partial charge in [-0.05, 0) is 47.6 Å². The number of aliphatic hydroxyl groups excluding tert-OH is 2. The van der Waals surface area contributed by atoms with Gasteiger partial charge in [-0.1, -0.05) is 56.3 Å². The van der Waals surface area contributed by atoms with Gasteiger partial charge in [0.1, 0.15) is 12.4 Å². The van der Waals surface area contributed by atoms with Crippen molar-refractivity contribution in [2.24, 2.45) is 16.7 Å². The van der Waals surface area contributed by atoms with Crippen LogP contribution in [0.4, 0.5) is 0 Å². The monoisotopic (exact) mass is 486 g/mol. The zero-order valence-electron chi connectivity index (χ0n) is 20.5. The Morgan fingerprint density at radius 3 is 2.67 bits per heavy atom. The molecule has 0 aromatic heterocycles. The molecule has 2 N–H and O–H groups in total. The van der Waals surface area contributed by atoms with Gasteiger partial charge in [0.05, 0.1) is 11.5 Å². The summed E-state index contributed by atoms with van der Waals surface area (Å²) in [6, 6.07) is 10.1. The maximum Gasteiger partial charge on any atom is 0.230 e. The number of carbonyl (C=O) groups is 2. The summed E-state index contributed by atoms with van der Waals surface area (Å²) >= 11 is 0. The van der Waals surface area contributed by atoms with Gasteiger partial charge in [-0.3, -0.25) is 9.59 Å². The number of hydrogen-bond acceptors (Lipinski definition) is 6. The third kappa shape index (κ3) is 3.04. The Hall–Kier alpha value is -3.22. The van der Waals surface area contributed by atoms with Crippen molar-refractivity contribution in [2.45, 2.75) is 45.6 Å². The summed E-state index contributed by atoms with van der Waals surface area (Å²) in [6.45, 7) is 3.27. The molecule has 0 saturated heterocycles. The van der Waals surface area contributed by atoms with Crippen molar-refractivity contribution < 1.29 is 29.3 Å². The van der Waals surface area contributed by atoms with Crippen molar-refractivity contribution in [3.05, 3.63) is 93.5 Å². The molecule has 6 rings (SSSR count). The second-order valence-corrected chi connectivity index (χ2v) is 10.7. The van der Waals surface area contributed by atoms with Crippen LogP contribution in [-0.4, -0.2) is 41.3 Å². The number of ether oxygens (including phenoxy) is 2. The highest BCUT2D eigenvalue weighted by Crippen LogP contribution is 2.65. The van der Waals surface area contributed by atoms with Gasteiger partial charge in [-0.2, -0.15) is 0 Å². The van der Waals surface area contributed by atoms with E-state index in [2.05, 4.69) is 12.1 Å². The minimum Gasteiger partial charge on any atom is -0.458 e. The number of aryl methyl sites for hydroxylation is 1. The van der Waals surface area contributed by atoms with Crippen molar-refractivity contribution in [2.75, 3.05) is 13.4 Å². The first-order valence-electron chi connectivity index (χ1n) is 12.6. The molecule has 0 unspecified atom stereocenters. The third-order valence-electron chi connectivity index (χ3n) is 8.79. The van der Waals surface area contributed by atoms with E-state index in [1.807, 2.05) is 44.2 Å².